The summed E-state index contributed by atoms with van der Waals surface area (Å²) < 4.78 is 2.18. The largest absolute Gasteiger partial charge is 0.347 e. The highest BCUT2D eigenvalue weighted by atomic mass is 15.1. The molecule has 0 aliphatic carbocycles. The molecule has 2 N–H and O–H groups in total. The van der Waals surface area contributed by atoms with E-state index < -0.39 is 0 Å². The van der Waals surface area contributed by atoms with Gasteiger partial charge in [0, 0.05) is 31.3 Å². The molecule has 0 fully saturated rings. The Labute approximate surface area is 101 Å². The molecule has 17 heavy (non-hydrogen) atoms. The number of imidazole rings is 2. The highest BCUT2D eigenvalue weighted by molar-refractivity contribution is 5.11. The molecule has 0 saturated carbocycles. The van der Waals surface area contributed by atoms with E-state index in [0.717, 1.165) is 31.2 Å². The van der Waals surface area contributed by atoms with Crippen molar-refractivity contribution < 1.29 is 0 Å². The third kappa shape index (κ3) is 2.55. The van der Waals surface area contributed by atoms with Gasteiger partial charge in [-0.25, -0.2) is 9.97 Å². The molecule has 0 aliphatic rings. The van der Waals surface area contributed by atoms with Crippen LogP contribution in [0.15, 0.2) is 24.8 Å². The number of aryl methyl sites for hydroxylation is 1. The standard InChI is InChI=1S/C12H19N5/c1-3-8-17-9-7-16-12(17)10(13-4-2)11-14-5-6-15-11/h5-7,9-10,13H,3-4,8H2,1-2H3,(H,14,15). The van der Waals surface area contributed by atoms with Gasteiger partial charge in [-0.15, -0.1) is 0 Å². The normalized spacial score (nSPS) is 12.8. The van der Waals surface area contributed by atoms with E-state index in [0.29, 0.717) is 0 Å². The van der Waals surface area contributed by atoms with Crippen molar-refractivity contribution in [1.82, 2.24) is 24.8 Å². The lowest BCUT2D eigenvalue weighted by Crippen LogP contribution is -2.26. The van der Waals surface area contributed by atoms with Crippen molar-refractivity contribution in [2.45, 2.75) is 32.9 Å². The maximum absolute atomic E-state index is 4.45. The van der Waals surface area contributed by atoms with Crippen molar-refractivity contribution in [3.63, 3.8) is 0 Å². The second-order valence-electron chi connectivity index (χ2n) is 3.94. The summed E-state index contributed by atoms with van der Waals surface area (Å²) in [6, 6.07) is 0.0385. The molecular formula is C12H19N5. The highest BCUT2D eigenvalue weighted by Gasteiger charge is 2.19. The zero-order valence-electron chi connectivity index (χ0n) is 10.3. The fraction of sp³-hybridized carbons (Fsp3) is 0.500. The molecule has 92 valence electrons. The Morgan fingerprint density at radius 1 is 1.35 bits per heavy atom. The second kappa shape index (κ2) is 5.63. The Morgan fingerprint density at radius 3 is 2.88 bits per heavy atom. The zero-order valence-corrected chi connectivity index (χ0v) is 10.3. The predicted octanol–water partition coefficient (Wildman–Crippen LogP) is 1.72. The molecule has 0 saturated heterocycles. The van der Waals surface area contributed by atoms with Crippen LogP contribution in [0.5, 0.6) is 0 Å². The SMILES string of the molecule is CCCn1ccnc1C(NCC)c1ncc[nH]1. The Hall–Kier alpha value is -1.62. The van der Waals surface area contributed by atoms with Crippen LogP contribution in [0.2, 0.25) is 0 Å². The third-order valence-electron chi connectivity index (χ3n) is 2.67. The Balaban J connectivity index is 2.29. The van der Waals surface area contributed by atoms with Gasteiger partial charge in [0.1, 0.15) is 17.7 Å². The van der Waals surface area contributed by atoms with Crippen molar-refractivity contribution in [2.75, 3.05) is 6.54 Å². The lowest BCUT2D eigenvalue weighted by Gasteiger charge is -2.16. The number of nitrogens with zero attached hydrogens (tertiary/aromatic N) is 3. The average Bonchev–Trinajstić information content (AvgIpc) is 2.97. The fourth-order valence-electron chi connectivity index (χ4n) is 1.96. The first-order chi connectivity index (χ1) is 8.36. The summed E-state index contributed by atoms with van der Waals surface area (Å²) in [6.45, 7) is 6.12. The van der Waals surface area contributed by atoms with Crippen LogP contribution in [0.1, 0.15) is 38.0 Å². The average molecular weight is 233 g/mol. The van der Waals surface area contributed by atoms with Crippen molar-refractivity contribution in [2.24, 2.45) is 0 Å². The van der Waals surface area contributed by atoms with Crippen molar-refractivity contribution in [1.29, 1.82) is 0 Å². The van der Waals surface area contributed by atoms with E-state index in [2.05, 4.69) is 38.7 Å². The molecule has 0 amide bonds. The number of nitrogens with one attached hydrogen (secondary N) is 2. The minimum atomic E-state index is 0.0385. The summed E-state index contributed by atoms with van der Waals surface area (Å²) >= 11 is 0. The smallest absolute Gasteiger partial charge is 0.133 e. The van der Waals surface area contributed by atoms with Gasteiger partial charge in [0.15, 0.2) is 0 Å². The Kier molecular flexibility index (Phi) is 3.93. The lowest BCUT2D eigenvalue weighted by atomic mass is 10.2. The molecule has 0 aromatic carbocycles. The number of aromatic nitrogens is 4. The van der Waals surface area contributed by atoms with Crippen LogP contribution in [-0.4, -0.2) is 26.1 Å². The summed E-state index contributed by atoms with van der Waals surface area (Å²) in [7, 11) is 0. The van der Waals surface area contributed by atoms with E-state index in [1.165, 1.54) is 0 Å². The second-order valence-corrected chi connectivity index (χ2v) is 3.94. The van der Waals surface area contributed by atoms with Crippen LogP contribution < -0.4 is 5.32 Å². The number of rotatable bonds is 6. The molecule has 0 spiro atoms. The van der Waals surface area contributed by atoms with Gasteiger partial charge in [0.05, 0.1) is 0 Å². The number of hydrogen-bond donors (Lipinski definition) is 2. The molecule has 1 atom stereocenters. The van der Waals surface area contributed by atoms with Crippen molar-refractivity contribution >= 4 is 0 Å². The monoisotopic (exact) mass is 233 g/mol. The fourth-order valence-corrected chi connectivity index (χ4v) is 1.96. The first-order valence-electron chi connectivity index (χ1n) is 6.10. The quantitative estimate of drug-likeness (QED) is 0.798. The third-order valence-corrected chi connectivity index (χ3v) is 2.67. The van der Waals surface area contributed by atoms with Crippen LogP contribution >= 0.6 is 0 Å². The molecule has 0 aliphatic heterocycles. The van der Waals surface area contributed by atoms with Gasteiger partial charge < -0.3 is 14.9 Å². The Morgan fingerprint density at radius 2 is 2.24 bits per heavy atom. The number of H-pyrrole nitrogens is 1. The van der Waals surface area contributed by atoms with E-state index in [1.807, 2.05) is 18.6 Å². The zero-order chi connectivity index (χ0) is 12.1. The van der Waals surface area contributed by atoms with Gasteiger partial charge in [0.25, 0.3) is 0 Å². The van der Waals surface area contributed by atoms with E-state index in [1.54, 1.807) is 6.20 Å². The molecule has 2 aromatic rings. The van der Waals surface area contributed by atoms with Crippen LogP contribution in [0.3, 0.4) is 0 Å². The van der Waals surface area contributed by atoms with Gasteiger partial charge in [-0.05, 0) is 13.0 Å². The van der Waals surface area contributed by atoms with Crippen molar-refractivity contribution in [3.8, 4) is 0 Å². The van der Waals surface area contributed by atoms with Crippen molar-refractivity contribution in [3.05, 3.63) is 36.4 Å². The summed E-state index contributed by atoms with van der Waals surface area (Å²) in [5.41, 5.74) is 0. The molecule has 0 bridgehead atoms. The first kappa shape index (κ1) is 11.9. The molecule has 0 radical (unpaired) electrons. The van der Waals surface area contributed by atoms with E-state index >= 15 is 0 Å². The molecule has 5 nitrogen and oxygen atoms in total. The molecule has 2 heterocycles. The molecule has 5 heteroatoms. The molecule has 2 rings (SSSR count). The summed E-state index contributed by atoms with van der Waals surface area (Å²) in [5, 5.41) is 3.41. The molecular weight excluding hydrogens is 214 g/mol. The van der Waals surface area contributed by atoms with Crippen LogP contribution in [0, 0.1) is 0 Å². The van der Waals surface area contributed by atoms with Gasteiger partial charge >= 0.3 is 0 Å². The Bertz CT molecular complexity index is 431. The van der Waals surface area contributed by atoms with Crippen LogP contribution in [-0.2, 0) is 6.54 Å². The van der Waals surface area contributed by atoms with E-state index in [9.17, 15) is 0 Å². The number of hydrogen-bond acceptors (Lipinski definition) is 3. The van der Waals surface area contributed by atoms with Gasteiger partial charge in [-0.3, -0.25) is 0 Å². The summed E-state index contributed by atoms with van der Waals surface area (Å²) in [4.78, 5) is 11.9. The summed E-state index contributed by atoms with van der Waals surface area (Å²) in [6.07, 6.45) is 8.57. The lowest BCUT2D eigenvalue weighted by molar-refractivity contribution is 0.528. The summed E-state index contributed by atoms with van der Waals surface area (Å²) in [5.74, 6) is 1.93. The van der Waals surface area contributed by atoms with E-state index in [-0.39, 0.29) is 6.04 Å². The van der Waals surface area contributed by atoms with Crippen LogP contribution in [0.25, 0.3) is 0 Å². The first-order valence-corrected chi connectivity index (χ1v) is 6.10. The maximum atomic E-state index is 4.45. The maximum Gasteiger partial charge on any atom is 0.133 e. The van der Waals surface area contributed by atoms with Gasteiger partial charge in [0.2, 0.25) is 0 Å². The van der Waals surface area contributed by atoms with E-state index in [4.69, 9.17) is 0 Å². The molecule has 1 unspecified atom stereocenters. The highest BCUT2D eigenvalue weighted by Crippen LogP contribution is 2.17. The molecule has 2 aromatic heterocycles. The number of aromatic amines is 1. The predicted molar refractivity (Wildman–Crippen MR) is 66.6 cm³/mol. The van der Waals surface area contributed by atoms with Gasteiger partial charge in [-0.1, -0.05) is 13.8 Å². The topological polar surface area (TPSA) is 58.5 Å². The minimum Gasteiger partial charge on any atom is -0.347 e. The van der Waals surface area contributed by atoms with Gasteiger partial charge in [-0.2, -0.15) is 0 Å². The minimum absolute atomic E-state index is 0.0385. The van der Waals surface area contributed by atoms with Crippen LogP contribution in [0.4, 0.5) is 0 Å².